The van der Waals surface area contributed by atoms with E-state index in [0.717, 1.165) is 0 Å². The molecule has 0 aliphatic rings. The molecule has 0 saturated carbocycles. The van der Waals surface area contributed by atoms with Crippen LogP contribution in [0.3, 0.4) is 0 Å². The normalized spacial score (nSPS) is 10.3. The van der Waals surface area contributed by atoms with Crippen molar-refractivity contribution in [2.24, 2.45) is 0 Å². The molecule has 2 aromatic carbocycles. The monoisotopic (exact) mass is 314 g/mol. The van der Waals surface area contributed by atoms with Crippen LogP contribution in [-0.2, 0) is 0 Å². The summed E-state index contributed by atoms with van der Waals surface area (Å²) >= 11 is 17.6. The molecule has 3 nitrogen and oxygen atoms in total. The van der Waals surface area contributed by atoms with Crippen LogP contribution in [0.2, 0.25) is 15.1 Å². The van der Waals surface area contributed by atoms with Crippen LogP contribution >= 0.6 is 34.8 Å². The van der Waals surface area contributed by atoms with Gasteiger partial charge < -0.3 is 11.1 Å². The Bertz CT molecular complexity index is 644. The summed E-state index contributed by atoms with van der Waals surface area (Å²) in [7, 11) is 0. The lowest BCUT2D eigenvalue weighted by atomic mass is 10.2. The Balaban J connectivity index is 2.23. The molecule has 2 aromatic rings. The third-order valence-corrected chi connectivity index (χ3v) is 3.31. The number of carbonyl (C=O) groups is 1. The van der Waals surface area contributed by atoms with Gasteiger partial charge in [-0.25, -0.2) is 0 Å². The third-order valence-electron chi connectivity index (χ3n) is 2.43. The van der Waals surface area contributed by atoms with Gasteiger partial charge in [-0.2, -0.15) is 0 Å². The van der Waals surface area contributed by atoms with Gasteiger partial charge in [0, 0.05) is 10.7 Å². The largest absolute Gasteiger partial charge is 0.398 e. The van der Waals surface area contributed by atoms with Crippen LogP contribution < -0.4 is 11.1 Å². The van der Waals surface area contributed by atoms with E-state index in [0.29, 0.717) is 27.0 Å². The van der Waals surface area contributed by atoms with Crippen molar-refractivity contribution in [3.05, 3.63) is 57.0 Å². The SMILES string of the molecule is Nc1ccc(NC(=O)c2ccc(Cl)cc2Cl)cc1Cl. The molecule has 3 N–H and O–H groups in total. The molecule has 98 valence electrons. The fraction of sp³-hybridized carbons (Fsp3) is 0. The molecule has 0 unspecified atom stereocenters. The van der Waals surface area contributed by atoms with Gasteiger partial charge >= 0.3 is 0 Å². The Morgan fingerprint density at radius 2 is 1.74 bits per heavy atom. The van der Waals surface area contributed by atoms with E-state index in [9.17, 15) is 4.79 Å². The summed E-state index contributed by atoms with van der Waals surface area (Å²) < 4.78 is 0. The van der Waals surface area contributed by atoms with Gasteiger partial charge in [0.05, 0.1) is 21.3 Å². The Kier molecular flexibility index (Phi) is 4.20. The van der Waals surface area contributed by atoms with Gasteiger partial charge in [-0.05, 0) is 36.4 Å². The van der Waals surface area contributed by atoms with E-state index in [1.807, 2.05) is 0 Å². The van der Waals surface area contributed by atoms with E-state index in [4.69, 9.17) is 40.5 Å². The molecule has 0 radical (unpaired) electrons. The predicted molar refractivity (Wildman–Crippen MR) is 80.3 cm³/mol. The lowest BCUT2D eigenvalue weighted by Crippen LogP contribution is -2.12. The minimum Gasteiger partial charge on any atom is -0.398 e. The minimum absolute atomic E-state index is 0.284. The summed E-state index contributed by atoms with van der Waals surface area (Å²) in [5.41, 5.74) is 6.91. The van der Waals surface area contributed by atoms with Crippen molar-refractivity contribution in [1.82, 2.24) is 0 Å². The van der Waals surface area contributed by atoms with Crippen LogP contribution in [0.5, 0.6) is 0 Å². The van der Waals surface area contributed by atoms with Crippen LogP contribution in [0.1, 0.15) is 10.4 Å². The highest BCUT2D eigenvalue weighted by Gasteiger charge is 2.11. The number of nitrogens with one attached hydrogen (secondary N) is 1. The Morgan fingerprint density at radius 3 is 2.37 bits per heavy atom. The first kappa shape index (κ1) is 14.0. The fourth-order valence-corrected chi connectivity index (χ4v) is 2.15. The summed E-state index contributed by atoms with van der Waals surface area (Å²) in [5, 5.41) is 3.81. The van der Waals surface area contributed by atoms with Crippen LogP contribution in [0, 0.1) is 0 Å². The maximum atomic E-state index is 12.0. The molecule has 0 aliphatic carbocycles. The summed E-state index contributed by atoms with van der Waals surface area (Å²) in [5.74, 6) is -0.345. The number of hydrogen-bond donors (Lipinski definition) is 2. The predicted octanol–water partition coefficient (Wildman–Crippen LogP) is 4.48. The highest BCUT2D eigenvalue weighted by molar-refractivity contribution is 6.37. The molecule has 6 heteroatoms. The average Bonchev–Trinajstić information content (AvgIpc) is 2.33. The second-order valence-electron chi connectivity index (χ2n) is 3.81. The van der Waals surface area contributed by atoms with Crippen LogP contribution in [0.15, 0.2) is 36.4 Å². The molecule has 0 aliphatic heterocycles. The van der Waals surface area contributed by atoms with Crippen molar-refractivity contribution in [3.63, 3.8) is 0 Å². The number of amides is 1. The maximum Gasteiger partial charge on any atom is 0.257 e. The van der Waals surface area contributed by atoms with Gasteiger partial charge in [0.15, 0.2) is 0 Å². The average molecular weight is 316 g/mol. The van der Waals surface area contributed by atoms with E-state index in [1.54, 1.807) is 30.3 Å². The fourth-order valence-electron chi connectivity index (χ4n) is 1.48. The van der Waals surface area contributed by atoms with Gasteiger partial charge in [-0.15, -0.1) is 0 Å². The molecule has 2 rings (SSSR count). The van der Waals surface area contributed by atoms with Crippen molar-refractivity contribution in [3.8, 4) is 0 Å². The summed E-state index contributed by atoms with van der Waals surface area (Å²) in [4.78, 5) is 12.0. The van der Waals surface area contributed by atoms with Crippen molar-refractivity contribution in [1.29, 1.82) is 0 Å². The molecule has 1 amide bonds. The zero-order valence-electron chi connectivity index (χ0n) is 9.58. The van der Waals surface area contributed by atoms with E-state index < -0.39 is 0 Å². The molecule has 0 saturated heterocycles. The summed E-state index contributed by atoms with van der Waals surface area (Å²) in [6.07, 6.45) is 0. The van der Waals surface area contributed by atoms with E-state index in [1.165, 1.54) is 6.07 Å². The molecule has 0 bridgehead atoms. The molecule has 0 spiro atoms. The quantitative estimate of drug-likeness (QED) is 0.803. The van der Waals surface area contributed by atoms with Gasteiger partial charge in [-0.3, -0.25) is 4.79 Å². The molecule has 0 atom stereocenters. The lowest BCUT2D eigenvalue weighted by molar-refractivity contribution is 0.102. The second kappa shape index (κ2) is 5.70. The zero-order chi connectivity index (χ0) is 14.0. The van der Waals surface area contributed by atoms with E-state index in [-0.39, 0.29) is 10.9 Å². The third kappa shape index (κ3) is 3.32. The van der Waals surface area contributed by atoms with Crippen molar-refractivity contribution in [2.75, 3.05) is 11.1 Å². The molecule has 0 heterocycles. The smallest absolute Gasteiger partial charge is 0.257 e. The maximum absolute atomic E-state index is 12.0. The van der Waals surface area contributed by atoms with E-state index in [2.05, 4.69) is 5.32 Å². The summed E-state index contributed by atoms with van der Waals surface area (Å²) in [6.45, 7) is 0. The number of hydrogen-bond acceptors (Lipinski definition) is 2. The summed E-state index contributed by atoms with van der Waals surface area (Å²) in [6, 6.07) is 9.49. The lowest BCUT2D eigenvalue weighted by Gasteiger charge is -2.08. The first-order chi connectivity index (χ1) is 8.97. The molecule has 19 heavy (non-hydrogen) atoms. The van der Waals surface area contributed by atoms with Gasteiger partial charge in [0.2, 0.25) is 0 Å². The first-order valence-electron chi connectivity index (χ1n) is 5.29. The highest BCUT2D eigenvalue weighted by atomic mass is 35.5. The van der Waals surface area contributed by atoms with Crippen molar-refractivity contribution < 1.29 is 4.79 Å². The van der Waals surface area contributed by atoms with Gasteiger partial charge in [0.25, 0.3) is 5.91 Å². The number of halogens is 3. The van der Waals surface area contributed by atoms with Crippen LogP contribution in [0.4, 0.5) is 11.4 Å². The number of anilines is 2. The Labute approximate surface area is 125 Å². The number of nitrogen functional groups attached to an aromatic ring is 1. The minimum atomic E-state index is -0.345. The molecule has 0 fully saturated rings. The highest BCUT2D eigenvalue weighted by Crippen LogP contribution is 2.25. The second-order valence-corrected chi connectivity index (χ2v) is 5.07. The Morgan fingerprint density at radius 1 is 1.00 bits per heavy atom. The van der Waals surface area contributed by atoms with Crippen molar-refractivity contribution in [2.45, 2.75) is 0 Å². The van der Waals surface area contributed by atoms with Gasteiger partial charge in [-0.1, -0.05) is 34.8 Å². The zero-order valence-corrected chi connectivity index (χ0v) is 11.9. The molecular weight excluding hydrogens is 307 g/mol. The number of carbonyl (C=O) groups excluding carboxylic acids is 1. The standard InChI is InChI=1S/C13H9Cl3N2O/c14-7-1-3-9(10(15)5-7)13(19)18-8-2-4-12(17)11(16)6-8/h1-6H,17H2,(H,18,19). The molecule has 0 aromatic heterocycles. The van der Waals surface area contributed by atoms with Crippen molar-refractivity contribution >= 4 is 52.1 Å². The van der Waals surface area contributed by atoms with Crippen LogP contribution in [0.25, 0.3) is 0 Å². The number of benzene rings is 2. The molecular formula is C13H9Cl3N2O. The Hall–Kier alpha value is -1.42. The topological polar surface area (TPSA) is 55.1 Å². The van der Waals surface area contributed by atoms with Gasteiger partial charge in [0.1, 0.15) is 0 Å². The van der Waals surface area contributed by atoms with Crippen LogP contribution in [-0.4, -0.2) is 5.91 Å². The number of rotatable bonds is 2. The first-order valence-corrected chi connectivity index (χ1v) is 6.42. The number of nitrogens with two attached hydrogens (primary N) is 1. The van der Waals surface area contributed by atoms with E-state index >= 15 is 0 Å².